The van der Waals surface area contributed by atoms with E-state index >= 15 is 0 Å². The lowest BCUT2D eigenvalue weighted by atomic mass is 10.1. The van der Waals surface area contributed by atoms with Crippen molar-refractivity contribution in [3.05, 3.63) is 108 Å². The van der Waals surface area contributed by atoms with Crippen LogP contribution in [0.2, 0.25) is 0 Å². The summed E-state index contributed by atoms with van der Waals surface area (Å²) in [4.78, 5) is 0. The van der Waals surface area contributed by atoms with E-state index in [-0.39, 0.29) is 0 Å². The molecule has 6 nitrogen and oxygen atoms in total. The number of unbranched alkanes of at least 4 members (excludes halogenated alkanes) is 9. The van der Waals surface area contributed by atoms with E-state index in [2.05, 4.69) is 87.9 Å². The minimum absolute atomic E-state index is 0.647. The van der Waals surface area contributed by atoms with Gasteiger partial charge in [0.15, 0.2) is 0 Å². The number of nitrogens with zero attached hydrogens (tertiary/aromatic N) is 6. The Hall–Kier alpha value is -4.32. The van der Waals surface area contributed by atoms with Gasteiger partial charge in [0, 0.05) is 0 Å². The SMILES string of the molecule is CCCCCCc1ccc(N=Nc2cc(N=Nc3ccc(CCCCCC)cc3)cc(N=Nc3ccc(CCCCCC)cc3)c2)cc1. The summed E-state index contributed by atoms with van der Waals surface area (Å²) in [7, 11) is 0. The van der Waals surface area contributed by atoms with E-state index in [0.29, 0.717) is 17.1 Å². The lowest BCUT2D eigenvalue weighted by Gasteiger charge is -2.03. The molecule has 0 N–H and O–H groups in total. The minimum atomic E-state index is 0.647. The number of hydrogen-bond donors (Lipinski definition) is 0. The molecular formula is C42H54N6. The molecule has 4 rings (SSSR count). The largest absolute Gasteiger partial charge is 0.151 e. The summed E-state index contributed by atoms with van der Waals surface area (Å²) >= 11 is 0. The molecule has 0 amide bonds. The molecular weight excluding hydrogens is 589 g/mol. The maximum absolute atomic E-state index is 4.55. The van der Waals surface area contributed by atoms with Crippen molar-refractivity contribution in [3.8, 4) is 0 Å². The second kappa shape index (κ2) is 21.5. The molecule has 48 heavy (non-hydrogen) atoms. The van der Waals surface area contributed by atoms with Crippen LogP contribution in [0.1, 0.15) is 115 Å². The molecule has 0 spiro atoms. The van der Waals surface area contributed by atoms with Crippen LogP contribution in [0.4, 0.5) is 34.1 Å². The maximum Gasteiger partial charge on any atom is 0.0901 e. The van der Waals surface area contributed by atoms with E-state index < -0.39 is 0 Å². The highest BCUT2D eigenvalue weighted by molar-refractivity contribution is 5.61. The van der Waals surface area contributed by atoms with Gasteiger partial charge in [-0.15, -0.1) is 0 Å². The van der Waals surface area contributed by atoms with Crippen LogP contribution in [0.5, 0.6) is 0 Å². The van der Waals surface area contributed by atoms with Crippen molar-refractivity contribution >= 4 is 34.1 Å². The molecule has 4 aromatic rings. The maximum atomic E-state index is 4.55. The monoisotopic (exact) mass is 642 g/mol. The van der Waals surface area contributed by atoms with Gasteiger partial charge in [-0.25, -0.2) is 0 Å². The summed E-state index contributed by atoms with van der Waals surface area (Å²) in [6.07, 6.45) is 18.4. The Labute approximate surface area is 289 Å². The van der Waals surface area contributed by atoms with E-state index in [1.807, 2.05) is 54.6 Å². The van der Waals surface area contributed by atoms with Gasteiger partial charge in [-0.2, -0.15) is 30.7 Å². The first-order valence-corrected chi connectivity index (χ1v) is 18.3. The molecule has 0 radical (unpaired) electrons. The standard InChI is InChI=1S/C42H54N6/c1-4-7-10-13-16-34-19-25-37(26-20-34)43-46-40-31-41(47-44-38-27-21-35(22-28-38)17-14-11-8-5-2)33-42(32-40)48-45-39-29-23-36(24-30-39)18-15-12-9-6-3/h19-33H,4-18H2,1-3H3. The van der Waals surface area contributed by atoms with Crippen LogP contribution < -0.4 is 0 Å². The van der Waals surface area contributed by atoms with Gasteiger partial charge in [-0.3, -0.25) is 0 Å². The van der Waals surface area contributed by atoms with Gasteiger partial charge in [0.2, 0.25) is 0 Å². The van der Waals surface area contributed by atoms with Gasteiger partial charge in [-0.1, -0.05) is 115 Å². The summed E-state index contributed by atoms with van der Waals surface area (Å²) in [5, 5.41) is 27.2. The molecule has 0 atom stereocenters. The molecule has 0 aliphatic carbocycles. The van der Waals surface area contributed by atoms with E-state index in [1.54, 1.807) is 0 Å². The highest BCUT2D eigenvalue weighted by atomic mass is 15.1. The van der Waals surface area contributed by atoms with E-state index in [0.717, 1.165) is 36.3 Å². The third-order valence-electron chi connectivity index (χ3n) is 8.50. The van der Waals surface area contributed by atoms with E-state index in [4.69, 9.17) is 0 Å². The van der Waals surface area contributed by atoms with Crippen LogP contribution >= 0.6 is 0 Å². The number of benzene rings is 4. The molecule has 0 fully saturated rings. The van der Waals surface area contributed by atoms with Crippen LogP contribution in [0.3, 0.4) is 0 Å². The Bertz CT molecular complexity index is 1350. The third kappa shape index (κ3) is 13.8. The van der Waals surface area contributed by atoms with Crippen LogP contribution in [0, 0.1) is 0 Å². The Balaban J connectivity index is 1.48. The van der Waals surface area contributed by atoms with Gasteiger partial charge in [0.1, 0.15) is 0 Å². The quantitative estimate of drug-likeness (QED) is 0.0641. The molecule has 0 saturated carbocycles. The summed E-state index contributed by atoms with van der Waals surface area (Å²) in [5.41, 5.74) is 8.39. The van der Waals surface area contributed by atoms with Crippen molar-refractivity contribution in [2.24, 2.45) is 30.7 Å². The van der Waals surface area contributed by atoms with Crippen molar-refractivity contribution in [1.82, 2.24) is 0 Å². The molecule has 0 aliphatic heterocycles. The minimum Gasteiger partial charge on any atom is -0.151 e. The number of aryl methyl sites for hydroxylation is 3. The van der Waals surface area contributed by atoms with Crippen LogP contribution in [0.15, 0.2) is 122 Å². The predicted octanol–water partition coefficient (Wildman–Crippen LogP) is 15.3. The molecule has 0 aliphatic rings. The first-order valence-electron chi connectivity index (χ1n) is 18.3. The van der Waals surface area contributed by atoms with Crippen LogP contribution in [-0.2, 0) is 19.3 Å². The first-order chi connectivity index (χ1) is 23.6. The topological polar surface area (TPSA) is 74.2 Å². The predicted molar refractivity (Wildman–Crippen MR) is 202 cm³/mol. The normalized spacial score (nSPS) is 11.8. The van der Waals surface area contributed by atoms with Crippen molar-refractivity contribution in [1.29, 1.82) is 0 Å². The van der Waals surface area contributed by atoms with E-state index in [1.165, 1.54) is 93.7 Å². The zero-order chi connectivity index (χ0) is 33.7. The van der Waals surface area contributed by atoms with Gasteiger partial charge in [-0.05, 0) is 110 Å². The van der Waals surface area contributed by atoms with Crippen LogP contribution in [-0.4, -0.2) is 0 Å². The van der Waals surface area contributed by atoms with Crippen molar-refractivity contribution < 1.29 is 0 Å². The third-order valence-corrected chi connectivity index (χ3v) is 8.50. The number of azo groups is 3. The molecule has 0 aromatic heterocycles. The molecule has 0 bridgehead atoms. The zero-order valence-corrected chi connectivity index (χ0v) is 29.5. The van der Waals surface area contributed by atoms with E-state index in [9.17, 15) is 0 Å². The fourth-order valence-electron chi connectivity index (χ4n) is 5.55. The van der Waals surface area contributed by atoms with Gasteiger partial charge < -0.3 is 0 Å². The second-order valence-electron chi connectivity index (χ2n) is 12.7. The lowest BCUT2D eigenvalue weighted by Crippen LogP contribution is -1.84. The molecule has 252 valence electrons. The molecule has 4 aromatic carbocycles. The smallest absolute Gasteiger partial charge is 0.0901 e. The average Bonchev–Trinajstić information content (AvgIpc) is 3.12. The summed E-state index contributed by atoms with van der Waals surface area (Å²) in [5.74, 6) is 0. The zero-order valence-electron chi connectivity index (χ0n) is 29.5. The molecule has 0 saturated heterocycles. The Morgan fingerprint density at radius 2 is 0.542 bits per heavy atom. The van der Waals surface area contributed by atoms with Gasteiger partial charge in [0.25, 0.3) is 0 Å². The molecule has 6 heteroatoms. The first kappa shape index (κ1) is 36.5. The Morgan fingerprint density at radius 1 is 0.292 bits per heavy atom. The highest BCUT2D eigenvalue weighted by Crippen LogP contribution is 2.32. The summed E-state index contributed by atoms with van der Waals surface area (Å²) in [6.45, 7) is 6.73. The Kier molecular flexibility index (Phi) is 16.4. The highest BCUT2D eigenvalue weighted by Gasteiger charge is 2.03. The van der Waals surface area contributed by atoms with Gasteiger partial charge >= 0.3 is 0 Å². The van der Waals surface area contributed by atoms with Crippen LogP contribution in [0.25, 0.3) is 0 Å². The second-order valence-corrected chi connectivity index (χ2v) is 12.7. The number of hydrogen-bond acceptors (Lipinski definition) is 6. The lowest BCUT2D eigenvalue weighted by molar-refractivity contribution is 0.667. The van der Waals surface area contributed by atoms with Crippen molar-refractivity contribution in [3.63, 3.8) is 0 Å². The fourth-order valence-corrected chi connectivity index (χ4v) is 5.55. The Morgan fingerprint density at radius 3 is 0.792 bits per heavy atom. The van der Waals surface area contributed by atoms with Crippen molar-refractivity contribution in [2.45, 2.75) is 117 Å². The fraction of sp³-hybridized carbons (Fsp3) is 0.429. The van der Waals surface area contributed by atoms with Crippen molar-refractivity contribution in [2.75, 3.05) is 0 Å². The van der Waals surface area contributed by atoms with Gasteiger partial charge in [0.05, 0.1) is 34.1 Å². The summed E-state index contributed by atoms with van der Waals surface area (Å²) < 4.78 is 0. The molecule has 0 heterocycles. The average molecular weight is 643 g/mol. The summed E-state index contributed by atoms with van der Waals surface area (Å²) in [6, 6.07) is 30.7. The number of rotatable bonds is 21. The molecule has 0 unspecified atom stereocenters.